The smallest absolute Gasteiger partial charge is 0.339 e. The highest BCUT2D eigenvalue weighted by atomic mass is 16.5. The number of ketones is 2. The van der Waals surface area contributed by atoms with Gasteiger partial charge in [0.05, 0.1) is 11.7 Å². The van der Waals surface area contributed by atoms with Gasteiger partial charge in [-0.3, -0.25) is 9.59 Å². The zero-order valence-corrected chi connectivity index (χ0v) is 18.9. The van der Waals surface area contributed by atoms with E-state index in [4.69, 9.17) is 9.47 Å². The summed E-state index contributed by atoms with van der Waals surface area (Å²) in [5, 5.41) is 0. The average Bonchev–Trinajstić information content (AvgIpc) is 3.46. The molecule has 1 aliphatic heterocycles. The van der Waals surface area contributed by atoms with E-state index in [1.54, 1.807) is 42.5 Å². The van der Waals surface area contributed by atoms with Gasteiger partial charge in [-0.1, -0.05) is 48.5 Å². The summed E-state index contributed by atoms with van der Waals surface area (Å²) in [6, 6.07) is 17.1. The summed E-state index contributed by atoms with van der Waals surface area (Å²) in [4.78, 5) is 38.5. The van der Waals surface area contributed by atoms with Crippen LogP contribution in [0.5, 0.6) is 0 Å². The third kappa shape index (κ3) is 4.96. The number of benzene rings is 2. The molecule has 3 aromatic rings. The molecule has 1 aromatic heterocycles. The predicted octanol–water partition coefficient (Wildman–Crippen LogP) is 4.55. The van der Waals surface area contributed by atoms with Gasteiger partial charge in [0, 0.05) is 41.2 Å². The van der Waals surface area contributed by atoms with Crippen molar-refractivity contribution >= 4 is 17.5 Å². The van der Waals surface area contributed by atoms with Gasteiger partial charge in [0.15, 0.2) is 12.4 Å². The summed E-state index contributed by atoms with van der Waals surface area (Å²) >= 11 is 0. The lowest BCUT2D eigenvalue weighted by atomic mass is 9.98. The van der Waals surface area contributed by atoms with Crippen molar-refractivity contribution in [2.75, 3.05) is 13.2 Å². The quantitative estimate of drug-likeness (QED) is 0.376. The van der Waals surface area contributed by atoms with E-state index >= 15 is 0 Å². The summed E-state index contributed by atoms with van der Waals surface area (Å²) in [6.07, 6.45) is 2.23. The molecule has 0 radical (unpaired) electrons. The Morgan fingerprint density at radius 3 is 2.36 bits per heavy atom. The maximum Gasteiger partial charge on any atom is 0.339 e. The van der Waals surface area contributed by atoms with Gasteiger partial charge in [0.1, 0.15) is 0 Å². The first kappa shape index (κ1) is 22.7. The van der Waals surface area contributed by atoms with Crippen LogP contribution >= 0.6 is 0 Å². The second-order valence-electron chi connectivity index (χ2n) is 8.27. The van der Waals surface area contributed by atoms with Crippen LogP contribution in [0.15, 0.2) is 60.7 Å². The maximum absolute atomic E-state index is 12.9. The number of Topliss-reactive ketones (excluding diaryl/α,β-unsaturated/α-hetero) is 1. The number of hydrogen-bond acceptors (Lipinski definition) is 5. The Hall–Kier alpha value is -3.51. The Morgan fingerprint density at radius 1 is 0.970 bits per heavy atom. The largest absolute Gasteiger partial charge is 0.454 e. The topological polar surface area (TPSA) is 74.6 Å². The van der Waals surface area contributed by atoms with Crippen LogP contribution in [0.25, 0.3) is 0 Å². The van der Waals surface area contributed by atoms with Gasteiger partial charge < -0.3 is 14.0 Å². The standard InChI is InChI=1S/C27H27NO5/c1-18-15-24(19(2)28(18)16-21-11-8-14-32-21)25(29)17-33-27(31)23-13-7-6-12-22(23)26(30)20-9-4-3-5-10-20/h3-7,9-10,12-13,15,21H,8,11,14,16-17H2,1-2H3. The van der Waals surface area contributed by atoms with Crippen LogP contribution < -0.4 is 0 Å². The van der Waals surface area contributed by atoms with E-state index in [0.717, 1.165) is 30.8 Å². The van der Waals surface area contributed by atoms with Crippen molar-refractivity contribution in [3.05, 3.63) is 94.3 Å². The minimum atomic E-state index is -0.698. The van der Waals surface area contributed by atoms with Crippen molar-refractivity contribution in [2.24, 2.45) is 0 Å². The second-order valence-corrected chi connectivity index (χ2v) is 8.27. The van der Waals surface area contributed by atoms with Crippen molar-refractivity contribution in [1.82, 2.24) is 4.57 Å². The van der Waals surface area contributed by atoms with Crippen LogP contribution in [0.4, 0.5) is 0 Å². The zero-order valence-electron chi connectivity index (χ0n) is 18.9. The molecule has 0 bridgehead atoms. The molecular formula is C27H27NO5. The van der Waals surface area contributed by atoms with Gasteiger partial charge in [-0.25, -0.2) is 4.79 Å². The van der Waals surface area contributed by atoms with Crippen LogP contribution in [-0.4, -0.2) is 41.4 Å². The molecule has 1 fully saturated rings. The van der Waals surface area contributed by atoms with Gasteiger partial charge in [-0.2, -0.15) is 0 Å². The first-order valence-corrected chi connectivity index (χ1v) is 11.1. The molecule has 0 aliphatic carbocycles. The molecule has 0 amide bonds. The minimum absolute atomic E-state index is 0.142. The highest BCUT2D eigenvalue weighted by molar-refractivity contribution is 6.14. The van der Waals surface area contributed by atoms with Gasteiger partial charge in [-0.15, -0.1) is 0 Å². The molecule has 1 saturated heterocycles. The molecule has 170 valence electrons. The fraction of sp³-hybridized carbons (Fsp3) is 0.296. The highest BCUT2D eigenvalue weighted by Gasteiger charge is 2.23. The molecule has 33 heavy (non-hydrogen) atoms. The molecule has 0 saturated carbocycles. The van der Waals surface area contributed by atoms with E-state index in [2.05, 4.69) is 4.57 Å². The van der Waals surface area contributed by atoms with Gasteiger partial charge in [-0.05, 0) is 38.8 Å². The number of carbonyl (C=O) groups excluding carboxylic acids is 3. The Bertz CT molecular complexity index is 1170. The van der Waals surface area contributed by atoms with E-state index in [9.17, 15) is 14.4 Å². The van der Waals surface area contributed by atoms with Crippen LogP contribution in [0.2, 0.25) is 0 Å². The summed E-state index contributed by atoms with van der Waals surface area (Å²) in [5.74, 6) is -1.24. The summed E-state index contributed by atoms with van der Waals surface area (Å²) in [6.45, 7) is 4.94. The van der Waals surface area contributed by atoms with Crippen molar-refractivity contribution in [3.8, 4) is 0 Å². The van der Waals surface area contributed by atoms with Crippen molar-refractivity contribution in [1.29, 1.82) is 0 Å². The fourth-order valence-corrected chi connectivity index (χ4v) is 4.25. The number of esters is 1. The maximum atomic E-state index is 12.9. The van der Waals surface area contributed by atoms with Crippen LogP contribution in [-0.2, 0) is 16.0 Å². The monoisotopic (exact) mass is 445 g/mol. The molecule has 2 heterocycles. The number of aryl methyl sites for hydroxylation is 1. The summed E-state index contributed by atoms with van der Waals surface area (Å²) in [5.41, 5.74) is 3.21. The van der Waals surface area contributed by atoms with E-state index in [0.29, 0.717) is 17.7 Å². The number of hydrogen-bond donors (Lipinski definition) is 0. The Balaban J connectivity index is 1.46. The van der Waals surface area contributed by atoms with Gasteiger partial charge >= 0.3 is 5.97 Å². The van der Waals surface area contributed by atoms with Crippen LogP contribution in [0.1, 0.15) is 60.9 Å². The number of nitrogens with zero attached hydrogens (tertiary/aromatic N) is 1. The molecule has 1 atom stereocenters. The first-order chi connectivity index (χ1) is 16.0. The van der Waals surface area contributed by atoms with E-state index in [1.165, 1.54) is 6.07 Å². The molecule has 0 spiro atoms. The third-order valence-electron chi connectivity index (χ3n) is 6.05. The number of rotatable bonds is 8. The lowest BCUT2D eigenvalue weighted by Gasteiger charge is -2.14. The molecule has 1 aliphatic rings. The van der Waals surface area contributed by atoms with Crippen LogP contribution in [0, 0.1) is 13.8 Å². The van der Waals surface area contributed by atoms with E-state index in [1.807, 2.05) is 26.0 Å². The van der Waals surface area contributed by atoms with E-state index in [-0.39, 0.29) is 28.8 Å². The lowest BCUT2D eigenvalue weighted by Crippen LogP contribution is -2.19. The zero-order chi connectivity index (χ0) is 23.4. The second kappa shape index (κ2) is 9.96. The average molecular weight is 446 g/mol. The summed E-state index contributed by atoms with van der Waals surface area (Å²) < 4.78 is 13.1. The number of ether oxygens (including phenoxy) is 2. The highest BCUT2D eigenvalue weighted by Crippen LogP contribution is 2.21. The molecule has 2 aromatic carbocycles. The molecule has 1 unspecified atom stereocenters. The lowest BCUT2D eigenvalue weighted by molar-refractivity contribution is 0.0472. The van der Waals surface area contributed by atoms with Crippen LogP contribution in [0.3, 0.4) is 0 Å². The minimum Gasteiger partial charge on any atom is -0.454 e. The van der Waals surface area contributed by atoms with Gasteiger partial charge in [0.25, 0.3) is 0 Å². The molecule has 6 nitrogen and oxygen atoms in total. The van der Waals surface area contributed by atoms with Crippen molar-refractivity contribution in [3.63, 3.8) is 0 Å². The summed E-state index contributed by atoms with van der Waals surface area (Å²) in [7, 11) is 0. The van der Waals surface area contributed by atoms with Crippen molar-refractivity contribution in [2.45, 2.75) is 39.3 Å². The molecule has 6 heteroatoms. The molecular weight excluding hydrogens is 418 g/mol. The SMILES string of the molecule is Cc1cc(C(=O)COC(=O)c2ccccc2C(=O)c2ccccc2)c(C)n1CC1CCCO1. The molecule has 0 N–H and O–H groups in total. The Morgan fingerprint density at radius 2 is 1.67 bits per heavy atom. The Labute approximate surface area is 193 Å². The number of carbonyl (C=O) groups is 3. The normalized spacial score (nSPS) is 15.4. The number of aromatic nitrogens is 1. The predicted molar refractivity (Wildman–Crippen MR) is 124 cm³/mol. The fourth-order valence-electron chi connectivity index (χ4n) is 4.25. The van der Waals surface area contributed by atoms with Crippen molar-refractivity contribution < 1.29 is 23.9 Å². The van der Waals surface area contributed by atoms with Gasteiger partial charge in [0.2, 0.25) is 5.78 Å². The third-order valence-corrected chi connectivity index (χ3v) is 6.05. The first-order valence-electron chi connectivity index (χ1n) is 11.1. The van der Waals surface area contributed by atoms with E-state index < -0.39 is 12.6 Å². The Kier molecular flexibility index (Phi) is 6.84. The molecule has 4 rings (SSSR count).